The molecule has 1 aliphatic carbocycles. The summed E-state index contributed by atoms with van der Waals surface area (Å²) in [6.07, 6.45) is 8.88. The zero-order chi connectivity index (χ0) is 14.6. The van der Waals surface area contributed by atoms with Crippen molar-refractivity contribution in [3.8, 4) is 0 Å². The summed E-state index contributed by atoms with van der Waals surface area (Å²) in [7, 11) is -2.97. The maximum absolute atomic E-state index is 12.2. The van der Waals surface area contributed by atoms with E-state index in [-0.39, 0.29) is 17.2 Å². The lowest BCUT2D eigenvalue weighted by Crippen LogP contribution is -2.44. The number of sulfone groups is 1. The van der Waals surface area contributed by atoms with Crippen LogP contribution in [-0.4, -0.2) is 51.0 Å². The fourth-order valence-corrected chi connectivity index (χ4v) is 4.43. The number of likely N-dealkylation sites (tertiary alicyclic amines) is 1. The number of carbonyl (C=O) groups excluding carboxylic acids is 1. The number of urea groups is 1. The lowest BCUT2D eigenvalue weighted by molar-refractivity contribution is 0.190. The van der Waals surface area contributed by atoms with Crippen molar-refractivity contribution in [2.24, 2.45) is 5.41 Å². The Morgan fingerprint density at radius 3 is 2.15 bits per heavy atom. The molecule has 5 nitrogen and oxygen atoms in total. The Balaban J connectivity index is 1.79. The largest absolute Gasteiger partial charge is 0.337 e. The molecule has 0 atom stereocenters. The third-order valence-corrected chi connectivity index (χ3v) is 5.42. The Kier molecular flexibility index (Phi) is 4.94. The molecule has 0 spiro atoms. The van der Waals surface area contributed by atoms with Gasteiger partial charge in [0.2, 0.25) is 0 Å². The van der Waals surface area contributed by atoms with Crippen molar-refractivity contribution in [2.75, 3.05) is 31.6 Å². The molecule has 0 aromatic heterocycles. The zero-order valence-corrected chi connectivity index (χ0v) is 13.2. The molecule has 2 aliphatic rings. The molecule has 2 fully saturated rings. The first-order valence-corrected chi connectivity index (χ1v) is 9.67. The Bertz CT molecular complexity index is 435. The second kappa shape index (κ2) is 6.33. The molecular weight excluding hydrogens is 276 g/mol. The predicted octanol–water partition coefficient (Wildman–Crippen LogP) is 1.79. The van der Waals surface area contributed by atoms with Gasteiger partial charge in [-0.05, 0) is 25.7 Å². The highest BCUT2D eigenvalue weighted by Crippen LogP contribution is 2.46. The van der Waals surface area contributed by atoms with E-state index in [1.807, 2.05) is 4.90 Å². The van der Waals surface area contributed by atoms with Crippen molar-refractivity contribution in [1.82, 2.24) is 10.2 Å². The quantitative estimate of drug-likeness (QED) is 0.861. The fourth-order valence-electron chi connectivity index (χ4n) is 2.93. The summed E-state index contributed by atoms with van der Waals surface area (Å²) < 4.78 is 22.8. The molecule has 1 saturated heterocycles. The molecule has 0 radical (unpaired) electrons. The van der Waals surface area contributed by atoms with Gasteiger partial charge in [0, 0.05) is 31.3 Å². The Hall–Kier alpha value is -0.780. The van der Waals surface area contributed by atoms with Crippen molar-refractivity contribution < 1.29 is 13.2 Å². The standard InChI is InChI=1S/C14H26N2O3S/c1-20(18,19)12-14(7-8-14)11-15-13(17)16-9-5-3-2-4-6-10-16/h2-12H2,1H3,(H,15,17). The minimum Gasteiger partial charge on any atom is -0.337 e. The van der Waals surface area contributed by atoms with Gasteiger partial charge in [-0.1, -0.05) is 19.3 Å². The molecule has 0 unspecified atom stereocenters. The minimum atomic E-state index is -2.97. The molecular formula is C14H26N2O3S. The van der Waals surface area contributed by atoms with Gasteiger partial charge < -0.3 is 10.2 Å². The summed E-state index contributed by atoms with van der Waals surface area (Å²) in [4.78, 5) is 14.1. The van der Waals surface area contributed by atoms with Crippen LogP contribution in [0.25, 0.3) is 0 Å². The van der Waals surface area contributed by atoms with E-state index in [9.17, 15) is 13.2 Å². The summed E-state index contributed by atoms with van der Waals surface area (Å²) in [6, 6.07) is -0.0216. The van der Waals surface area contributed by atoms with Crippen LogP contribution in [0.2, 0.25) is 0 Å². The summed E-state index contributed by atoms with van der Waals surface area (Å²) in [6.45, 7) is 2.14. The van der Waals surface area contributed by atoms with Crippen molar-refractivity contribution in [3.63, 3.8) is 0 Å². The molecule has 0 aromatic rings. The average Bonchev–Trinajstić information content (AvgIpc) is 3.03. The number of hydrogen-bond donors (Lipinski definition) is 1. The van der Waals surface area contributed by atoms with Crippen LogP contribution in [0.3, 0.4) is 0 Å². The van der Waals surface area contributed by atoms with Crippen LogP contribution in [0.5, 0.6) is 0 Å². The van der Waals surface area contributed by atoms with E-state index < -0.39 is 9.84 Å². The summed E-state index contributed by atoms with van der Waals surface area (Å²) in [5.41, 5.74) is -0.189. The molecule has 1 N–H and O–H groups in total. The van der Waals surface area contributed by atoms with E-state index in [1.165, 1.54) is 25.5 Å². The predicted molar refractivity (Wildman–Crippen MR) is 79.4 cm³/mol. The first-order chi connectivity index (χ1) is 9.40. The van der Waals surface area contributed by atoms with E-state index in [0.717, 1.165) is 38.8 Å². The molecule has 116 valence electrons. The van der Waals surface area contributed by atoms with Crippen LogP contribution in [0.15, 0.2) is 0 Å². The Labute approximate surface area is 122 Å². The van der Waals surface area contributed by atoms with Crippen molar-refractivity contribution in [2.45, 2.75) is 44.9 Å². The highest BCUT2D eigenvalue weighted by molar-refractivity contribution is 7.90. The molecule has 1 saturated carbocycles. The first kappa shape index (κ1) is 15.6. The topological polar surface area (TPSA) is 66.5 Å². The zero-order valence-electron chi connectivity index (χ0n) is 12.4. The molecule has 1 aliphatic heterocycles. The molecule has 20 heavy (non-hydrogen) atoms. The number of hydrogen-bond acceptors (Lipinski definition) is 3. The molecule has 1 heterocycles. The number of nitrogens with one attached hydrogen (secondary N) is 1. The van der Waals surface area contributed by atoms with Crippen LogP contribution < -0.4 is 5.32 Å². The maximum atomic E-state index is 12.2. The van der Waals surface area contributed by atoms with Gasteiger partial charge in [-0.25, -0.2) is 13.2 Å². The molecule has 6 heteroatoms. The Morgan fingerprint density at radius 2 is 1.65 bits per heavy atom. The van der Waals surface area contributed by atoms with E-state index in [2.05, 4.69) is 5.32 Å². The normalized spacial score (nSPS) is 22.8. The van der Waals surface area contributed by atoms with Crippen molar-refractivity contribution in [1.29, 1.82) is 0 Å². The highest BCUT2D eigenvalue weighted by Gasteiger charge is 2.45. The summed E-state index contributed by atoms with van der Waals surface area (Å²) in [5, 5.41) is 2.95. The van der Waals surface area contributed by atoms with Gasteiger partial charge in [-0.15, -0.1) is 0 Å². The van der Waals surface area contributed by atoms with Gasteiger partial charge in [0.1, 0.15) is 9.84 Å². The molecule has 2 rings (SSSR count). The monoisotopic (exact) mass is 302 g/mol. The van der Waals surface area contributed by atoms with E-state index in [1.54, 1.807) is 0 Å². The van der Waals surface area contributed by atoms with Crippen LogP contribution in [0.4, 0.5) is 4.79 Å². The summed E-state index contributed by atoms with van der Waals surface area (Å²) in [5.74, 6) is 0.195. The minimum absolute atomic E-state index is 0.0216. The van der Waals surface area contributed by atoms with Gasteiger partial charge in [0.05, 0.1) is 5.75 Å². The SMILES string of the molecule is CS(=O)(=O)CC1(CNC(=O)N2CCCCCCC2)CC1. The lowest BCUT2D eigenvalue weighted by Gasteiger charge is -2.26. The maximum Gasteiger partial charge on any atom is 0.317 e. The highest BCUT2D eigenvalue weighted by atomic mass is 32.2. The smallest absolute Gasteiger partial charge is 0.317 e. The number of amides is 2. The second-order valence-electron chi connectivity index (χ2n) is 6.48. The number of nitrogens with zero attached hydrogens (tertiary/aromatic N) is 1. The molecule has 0 bridgehead atoms. The fraction of sp³-hybridized carbons (Fsp3) is 0.929. The Morgan fingerprint density at radius 1 is 1.10 bits per heavy atom. The van der Waals surface area contributed by atoms with Gasteiger partial charge in [0.15, 0.2) is 0 Å². The van der Waals surface area contributed by atoms with Gasteiger partial charge in [-0.3, -0.25) is 0 Å². The van der Waals surface area contributed by atoms with Gasteiger partial charge >= 0.3 is 6.03 Å². The third kappa shape index (κ3) is 4.96. The average molecular weight is 302 g/mol. The van der Waals surface area contributed by atoms with Crippen LogP contribution in [-0.2, 0) is 9.84 Å². The van der Waals surface area contributed by atoms with Crippen molar-refractivity contribution >= 4 is 15.9 Å². The van der Waals surface area contributed by atoms with E-state index in [0.29, 0.717) is 6.54 Å². The summed E-state index contributed by atoms with van der Waals surface area (Å²) >= 11 is 0. The second-order valence-corrected chi connectivity index (χ2v) is 8.62. The lowest BCUT2D eigenvalue weighted by atomic mass is 10.1. The van der Waals surface area contributed by atoms with Crippen LogP contribution in [0.1, 0.15) is 44.9 Å². The molecule has 0 aromatic carbocycles. The van der Waals surface area contributed by atoms with Crippen LogP contribution >= 0.6 is 0 Å². The molecule has 2 amide bonds. The van der Waals surface area contributed by atoms with Crippen LogP contribution in [0, 0.1) is 5.41 Å². The van der Waals surface area contributed by atoms with Crippen molar-refractivity contribution in [3.05, 3.63) is 0 Å². The number of rotatable bonds is 4. The van der Waals surface area contributed by atoms with E-state index >= 15 is 0 Å². The third-order valence-electron chi connectivity index (χ3n) is 4.28. The first-order valence-electron chi connectivity index (χ1n) is 7.61. The number of carbonyl (C=O) groups is 1. The van der Waals surface area contributed by atoms with E-state index in [4.69, 9.17) is 0 Å². The van der Waals surface area contributed by atoms with Gasteiger partial charge in [0.25, 0.3) is 0 Å². The van der Waals surface area contributed by atoms with Gasteiger partial charge in [-0.2, -0.15) is 0 Å².